The number of nitro benzene ring substituents is 1. The third-order valence-electron chi connectivity index (χ3n) is 4.92. The van der Waals surface area contributed by atoms with Gasteiger partial charge in [0.25, 0.3) is 5.69 Å². The van der Waals surface area contributed by atoms with E-state index >= 15 is 0 Å². The topological polar surface area (TPSA) is 153 Å². The Labute approximate surface area is 206 Å². The first kappa shape index (κ1) is 27.4. The molecule has 1 aliphatic heterocycles. The summed E-state index contributed by atoms with van der Waals surface area (Å²) in [5.74, 6) is -3.88. The van der Waals surface area contributed by atoms with Gasteiger partial charge in [-0.1, -0.05) is 54.1 Å². The van der Waals surface area contributed by atoms with Crippen LogP contribution in [-0.4, -0.2) is 82.1 Å². The molecule has 0 aromatic heterocycles. The Morgan fingerprint density at radius 2 is 1.60 bits per heavy atom. The fraction of sp³-hybridized carbons (Fsp3) is 0.261. The monoisotopic (exact) mass is 504 g/mol. The summed E-state index contributed by atoms with van der Waals surface area (Å²) in [6.07, 6.45) is 4.27. The number of carboxylic acid groups (broad SMARTS) is 2. The van der Waals surface area contributed by atoms with Gasteiger partial charge < -0.3 is 15.5 Å². The van der Waals surface area contributed by atoms with E-state index in [4.69, 9.17) is 31.4 Å². The van der Waals surface area contributed by atoms with Crippen molar-refractivity contribution in [2.45, 2.75) is 0 Å². The summed E-state index contributed by atoms with van der Waals surface area (Å²) in [5.41, 5.74) is 1.33. The van der Waals surface area contributed by atoms with Crippen LogP contribution in [0.5, 0.6) is 0 Å². The van der Waals surface area contributed by atoms with Crippen molar-refractivity contribution in [2.75, 3.05) is 44.6 Å². The smallest absolute Gasteiger partial charge is 0.414 e. The standard InChI is InChI=1S/C21H23ClN4O3.C2H2O4/c22-19-9-8-18(26(28)29)15-20(19)23-21(27)16-25-13-11-24(12-14-25)10-4-7-17-5-2-1-3-6-17;3-1(4)2(5)6/h1-9,15H,10-14,16H2,(H,23,27);(H,3,4)(H,5,6)/b7-4+;. The van der Waals surface area contributed by atoms with Crippen LogP contribution in [0.3, 0.4) is 0 Å². The quantitative estimate of drug-likeness (QED) is 0.293. The van der Waals surface area contributed by atoms with Gasteiger partial charge in [-0.15, -0.1) is 0 Å². The number of piperazine rings is 1. The third kappa shape index (κ3) is 9.92. The van der Waals surface area contributed by atoms with Crippen LogP contribution in [0, 0.1) is 10.1 Å². The Bertz CT molecular complexity index is 1060. The predicted octanol–water partition coefficient (Wildman–Crippen LogP) is 2.67. The van der Waals surface area contributed by atoms with Gasteiger partial charge in [-0.3, -0.25) is 24.7 Å². The normalized spacial score (nSPS) is 14.1. The van der Waals surface area contributed by atoms with Crippen LogP contribution in [-0.2, 0) is 14.4 Å². The average molecular weight is 505 g/mol. The minimum absolute atomic E-state index is 0.109. The number of non-ortho nitro benzene ring substituents is 1. The highest BCUT2D eigenvalue weighted by atomic mass is 35.5. The lowest BCUT2D eigenvalue weighted by atomic mass is 10.2. The molecular formula is C23H25ClN4O7. The van der Waals surface area contributed by atoms with Gasteiger partial charge in [-0.2, -0.15) is 0 Å². The predicted molar refractivity (Wildman–Crippen MR) is 130 cm³/mol. The zero-order chi connectivity index (χ0) is 25.8. The molecule has 0 radical (unpaired) electrons. The summed E-state index contributed by atoms with van der Waals surface area (Å²) >= 11 is 6.04. The molecule has 35 heavy (non-hydrogen) atoms. The number of rotatable bonds is 7. The molecule has 0 aliphatic carbocycles. The van der Waals surface area contributed by atoms with E-state index in [1.54, 1.807) is 0 Å². The van der Waals surface area contributed by atoms with Crippen LogP contribution in [0.25, 0.3) is 6.08 Å². The molecule has 11 nitrogen and oxygen atoms in total. The molecule has 2 aromatic carbocycles. The molecule has 1 fully saturated rings. The van der Waals surface area contributed by atoms with Gasteiger partial charge in [0.1, 0.15) is 0 Å². The van der Waals surface area contributed by atoms with Crippen LogP contribution in [0.15, 0.2) is 54.6 Å². The number of nitrogens with zero attached hydrogens (tertiary/aromatic N) is 3. The number of benzene rings is 2. The number of nitrogens with one attached hydrogen (secondary N) is 1. The lowest BCUT2D eigenvalue weighted by molar-refractivity contribution is -0.384. The fourth-order valence-electron chi connectivity index (χ4n) is 3.15. The molecular weight excluding hydrogens is 480 g/mol. The lowest BCUT2D eigenvalue weighted by Gasteiger charge is -2.33. The number of amides is 1. The van der Waals surface area contributed by atoms with Crippen LogP contribution >= 0.6 is 11.6 Å². The third-order valence-corrected chi connectivity index (χ3v) is 5.25. The van der Waals surface area contributed by atoms with E-state index in [9.17, 15) is 14.9 Å². The van der Waals surface area contributed by atoms with Crippen molar-refractivity contribution in [1.82, 2.24) is 9.80 Å². The maximum Gasteiger partial charge on any atom is 0.414 e. The number of carboxylic acids is 2. The highest BCUT2D eigenvalue weighted by molar-refractivity contribution is 6.33. The molecule has 3 N–H and O–H groups in total. The largest absolute Gasteiger partial charge is 0.473 e. The Kier molecular flexibility index (Phi) is 10.8. The zero-order valence-corrected chi connectivity index (χ0v) is 19.4. The summed E-state index contributed by atoms with van der Waals surface area (Å²) in [6, 6.07) is 14.2. The van der Waals surface area contributed by atoms with Crippen LogP contribution in [0.4, 0.5) is 11.4 Å². The molecule has 0 unspecified atom stereocenters. The number of hydrogen-bond acceptors (Lipinski definition) is 7. The molecule has 0 spiro atoms. The maximum atomic E-state index is 12.3. The maximum absolute atomic E-state index is 12.3. The molecule has 1 amide bonds. The number of carbonyl (C=O) groups excluding carboxylic acids is 1. The molecule has 12 heteroatoms. The Morgan fingerprint density at radius 3 is 2.17 bits per heavy atom. The average Bonchev–Trinajstić information content (AvgIpc) is 2.82. The summed E-state index contributed by atoms with van der Waals surface area (Å²) in [4.78, 5) is 45.3. The van der Waals surface area contributed by atoms with Gasteiger partial charge in [0.15, 0.2) is 0 Å². The summed E-state index contributed by atoms with van der Waals surface area (Å²) in [5, 5.41) is 28.6. The van der Waals surface area contributed by atoms with E-state index in [0.29, 0.717) is 0 Å². The number of aliphatic carboxylic acids is 2. The van der Waals surface area contributed by atoms with E-state index in [1.165, 1.54) is 23.8 Å². The molecule has 0 bridgehead atoms. The van der Waals surface area contributed by atoms with Crippen LogP contribution in [0.1, 0.15) is 5.56 Å². The van der Waals surface area contributed by atoms with Gasteiger partial charge in [0, 0.05) is 44.9 Å². The molecule has 0 saturated carbocycles. The van der Waals surface area contributed by atoms with Gasteiger partial charge >= 0.3 is 11.9 Å². The van der Waals surface area contributed by atoms with Crippen molar-refractivity contribution in [3.63, 3.8) is 0 Å². The highest BCUT2D eigenvalue weighted by Crippen LogP contribution is 2.26. The fourth-order valence-corrected chi connectivity index (χ4v) is 3.31. The van der Waals surface area contributed by atoms with E-state index < -0.39 is 16.9 Å². The van der Waals surface area contributed by atoms with Gasteiger partial charge in [0.2, 0.25) is 5.91 Å². The Morgan fingerprint density at radius 1 is 1.00 bits per heavy atom. The Balaban J connectivity index is 0.000000641. The number of anilines is 1. The second-order valence-corrected chi connectivity index (χ2v) is 7.88. The van der Waals surface area contributed by atoms with Crippen molar-refractivity contribution in [1.29, 1.82) is 0 Å². The van der Waals surface area contributed by atoms with Gasteiger partial charge in [-0.25, -0.2) is 9.59 Å². The number of hydrogen-bond donors (Lipinski definition) is 3. The molecule has 1 aliphatic rings. The van der Waals surface area contributed by atoms with Crippen LogP contribution < -0.4 is 5.32 Å². The first-order chi connectivity index (χ1) is 16.7. The van der Waals surface area contributed by atoms with Crippen molar-refractivity contribution < 1.29 is 29.5 Å². The Hall–Kier alpha value is -3.80. The molecule has 1 saturated heterocycles. The molecule has 1 heterocycles. The van der Waals surface area contributed by atoms with E-state index in [-0.39, 0.29) is 28.8 Å². The van der Waals surface area contributed by atoms with Crippen molar-refractivity contribution in [3.8, 4) is 0 Å². The lowest BCUT2D eigenvalue weighted by Crippen LogP contribution is -2.48. The molecule has 186 valence electrons. The number of carbonyl (C=O) groups is 3. The van der Waals surface area contributed by atoms with Crippen molar-refractivity contribution in [3.05, 3.63) is 75.3 Å². The van der Waals surface area contributed by atoms with E-state index in [2.05, 4.69) is 39.4 Å². The van der Waals surface area contributed by atoms with Gasteiger partial charge in [-0.05, 0) is 11.6 Å². The first-order valence-electron chi connectivity index (χ1n) is 10.5. The second-order valence-electron chi connectivity index (χ2n) is 7.47. The SMILES string of the molecule is O=C(CN1CCN(C/C=C/c2ccccc2)CC1)Nc1cc([N+](=O)[O-])ccc1Cl.O=C(O)C(=O)O. The zero-order valence-electron chi connectivity index (χ0n) is 18.7. The minimum atomic E-state index is -1.82. The summed E-state index contributed by atoms with van der Waals surface area (Å²) in [6.45, 7) is 4.43. The van der Waals surface area contributed by atoms with Crippen molar-refractivity contribution >= 4 is 46.9 Å². The number of nitro groups is 1. The minimum Gasteiger partial charge on any atom is -0.473 e. The van der Waals surface area contributed by atoms with Crippen LogP contribution in [0.2, 0.25) is 5.02 Å². The highest BCUT2D eigenvalue weighted by Gasteiger charge is 2.19. The molecule has 3 rings (SSSR count). The first-order valence-corrected chi connectivity index (χ1v) is 10.9. The number of halogens is 1. The van der Waals surface area contributed by atoms with E-state index in [1.807, 2.05) is 18.2 Å². The molecule has 2 aromatic rings. The summed E-state index contributed by atoms with van der Waals surface area (Å²) < 4.78 is 0. The molecule has 0 atom stereocenters. The van der Waals surface area contributed by atoms with Gasteiger partial charge in [0.05, 0.1) is 22.2 Å². The second kappa shape index (κ2) is 13.8. The van der Waals surface area contributed by atoms with E-state index in [0.717, 1.165) is 32.7 Å². The van der Waals surface area contributed by atoms with Crippen molar-refractivity contribution in [2.24, 2.45) is 0 Å². The summed E-state index contributed by atoms with van der Waals surface area (Å²) in [7, 11) is 0.